The highest BCUT2D eigenvalue weighted by molar-refractivity contribution is 8.01. The largest absolute Gasteiger partial charge is 0.394 e. The number of nitrogens with one attached hydrogen (secondary N) is 1. The molecule has 0 spiro atoms. The number of hydrogen-bond donors (Lipinski definition) is 2. The Kier molecular flexibility index (Phi) is 5.00. The molecule has 1 fully saturated rings. The summed E-state index contributed by atoms with van der Waals surface area (Å²) in [7, 11) is 0. The Labute approximate surface area is 117 Å². The normalized spacial score (nSPS) is 27.8. The van der Waals surface area contributed by atoms with Gasteiger partial charge in [0.05, 0.1) is 6.61 Å². The lowest BCUT2D eigenvalue weighted by Gasteiger charge is -2.28. The molecule has 6 heteroatoms. The molecule has 1 aromatic rings. The Balaban J connectivity index is 1.90. The number of rotatable bonds is 6. The Morgan fingerprint density at radius 1 is 1.61 bits per heavy atom. The van der Waals surface area contributed by atoms with Crippen LogP contribution in [0.5, 0.6) is 0 Å². The second-order valence-corrected chi connectivity index (χ2v) is 7.25. The maximum absolute atomic E-state index is 9.63. The molecule has 1 saturated carbocycles. The molecule has 1 heterocycles. The Hall–Kier alpha value is -0.170. The maximum atomic E-state index is 9.63. The number of aliphatic hydroxyl groups excluding tert-OH is 1. The van der Waals surface area contributed by atoms with Crippen LogP contribution in [0.1, 0.15) is 38.4 Å². The van der Waals surface area contributed by atoms with E-state index in [1.807, 2.05) is 18.7 Å². The average Bonchev–Trinajstić information content (AvgIpc) is 2.95. The van der Waals surface area contributed by atoms with Crippen LogP contribution in [0.4, 0.5) is 0 Å². The van der Waals surface area contributed by atoms with Gasteiger partial charge in [0.2, 0.25) is 0 Å². The molecule has 1 aromatic heterocycles. The first kappa shape index (κ1) is 14.2. The SMILES string of the molecule is CCCNC1(CO)CCC(Sc2nc(C)ns2)C1. The van der Waals surface area contributed by atoms with Crippen molar-refractivity contribution in [1.82, 2.24) is 14.7 Å². The quantitative estimate of drug-likeness (QED) is 0.840. The summed E-state index contributed by atoms with van der Waals surface area (Å²) in [4.78, 5) is 4.40. The van der Waals surface area contributed by atoms with Gasteiger partial charge in [-0.2, -0.15) is 4.37 Å². The van der Waals surface area contributed by atoms with E-state index in [0.717, 1.165) is 42.4 Å². The fourth-order valence-electron chi connectivity index (χ4n) is 2.40. The summed E-state index contributed by atoms with van der Waals surface area (Å²) in [6.45, 7) is 5.30. The highest BCUT2D eigenvalue weighted by Gasteiger charge is 2.38. The summed E-state index contributed by atoms with van der Waals surface area (Å²) in [5, 5.41) is 13.7. The molecular formula is C12H21N3OS2. The molecule has 1 aliphatic carbocycles. The lowest BCUT2D eigenvalue weighted by Crippen LogP contribution is -2.46. The summed E-state index contributed by atoms with van der Waals surface area (Å²) in [6, 6.07) is 0. The standard InChI is InChI=1S/C12H21N3OS2/c1-3-6-13-12(8-16)5-4-10(7-12)17-11-14-9(2)15-18-11/h10,13,16H,3-8H2,1-2H3. The first-order valence-electron chi connectivity index (χ1n) is 6.50. The summed E-state index contributed by atoms with van der Waals surface area (Å²) < 4.78 is 5.27. The third kappa shape index (κ3) is 3.44. The van der Waals surface area contributed by atoms with Crippen LogP contribution >= 0.6 is 23.3 Å². The Bertz CT molecular complexity index is 385. The van der Waals surface area contributed by atoms with Crippen molar-refractivity contribution in [2.24, 2.45) is 0 Å². The molecule has 1 aliphatic rings. The van der Waals surface area contributed by atoms with Crippen LogP contribution in [-0.2, 0) is 0 Å². The fraction of sp³-hybridized carbons (Fsp3) is 0.833. The van der Waals surface area contributed by atoms with E-state index in [1.165, 1.54) is 11.5 Å². The maximum Gasteiger partial charge on any atom is 0.170 e. The van der Waals surface area contributed by atoms with Gasteiger partial charge >= 0.3 is 0 Å². The van der Waals surface area contributed by atoms with Crippen LogP contribution in [0, 0.1) is 6.92 Å². The van der Waals surface area contributed by atoms with E-state index >= 15 is 0 Å². The van der Waals surface area contributed by atoms with E-state index in [4.69, 9.17) is 0 Å². The number of aryl methyl sites for hydroxylation is 1. The second-order valence-electron chi connectivity index (χ2n) is 4.96. The Morgan fingerprint density at radius 3 is 3.06 bits per heavy atom. The molecule has 0 aliphatic heterocycles. The molecule has 4 nitrogen and oxygen atoms in total. The molecular weight excluding hydrogens is 266 g/mol. The molecule has 102 valence electrons. The first-order chi connectivity index (χ1) is 8.67. The van der Waals surface area contributed by atoms with Gasteiger partial charge < -0.3 is 10.4 Å². The third-order valence-electron chi connectivity index (χ3n) is 3.39. The summed E-state index contributed by atoms with van der Waals surface area (Å²) >= 11 is 3.30. The average molecular weight is 287 g/mol. The minimum atomic E-state index is -0.0621. The van der Waals surface area contributed by atoms with Crippen LogP contribution in [0.3, 0.4) is 0 Å². The predicted molar refractivity (Wildman–Crippen MR) is 76.3 cm³/mol. The lowest BCUT2D eigenvalue weighted by atomic mass is 9.99. The summed E-state index contributed by atoms with van der Waals surface area (Å²) in [6.07, 6.45) is 4.32. The minimum absolute atomic E-state index is 0.0621. The van der Waals surface area contributed by atoms with Gasteiger partial charge in [-0.3, -0.25) is 0 Å². The number of aliphatic hydroxyl groups is 1. The van der Waals surface area contributed by atoms with Gasteiger partial charge in [0.1, 0.15) is 5.82 Å². The van der Waals surface area contributed by atoms with Gasteiger partial charge in [0.25, 0.3) is 0 Å². The molecule has 18 heavy (non-hydrogen) atoms. The van der Waals surface area contributed by atoms with Crippen molar-refractivity contribution >= 4 is 23.3 Å². The van der Waals surface area contributed by atoms with Crippen molar-refractivity contribution in [3.05, 3.63) is 5.82 Å². The van der Waals surface area contributed by atoms with Gasteiger partial charge in [-0.15, -0.1) is 0 Å². The van der Waals surface area contributed by atoms with Crippen molar-refractivity contribution in [2.45, 2.75) is 54.7 Å². The van der Waals surface area contributed by atoms with Crippen LogP contribution in [0.25, 0.3) is 0 Å². The molecule has 0 saturated heterocycles. The number of nitrogens with zero attached hydrogens (tertiary/aromatic N) is 2. The van der Waals surface area contributed by atoms with E-state index in [1.54, 1.807) is 0 Å². The monoisotopic (exact) mass is 287 g/mol. The van der Waals surface area contributed by atoms with Crippen LogP contribution < -0.4 is 5.32 Å². The van der Waals surface area contributed by atoms with Gasteiger partial charge in [0.15, 0.2) is 4.34 Å². The van der Waals surface area contributed by atoms with E-state index < -0.39 is 0 Å². The molecule has 2 N–H and O–H groups in total. The zero-order valence-electron chi connectivity index (χ0n) is 11.0. The molecule has 2 rings (SSSR count). The van der Waals surface area contributed by atoms with Crippen molar-refractivity contribution < 1.29 is 5.11 Å². The number of hydrogen-bond acceptors (Lipinski definition) is 6. The summed E-state index contributed by atoms with van der Waals surface area (Å²) in [5.41, 5.74) is -0.0621. The number of thioether (sulfide) groups is 1. The molecule has 2 atom stereocenters. The van der Waals surface area contributed by atoms with E-state index in [0.29, 0.717) is 5.25 Å². The van der Waals surface area contributed by atoms with Crippen LogP contribution in [0.2, 0.25) is 0 Å². The van der Waals surface area contributed by atoms with Crippen molar-refractivity contribution in [3.63, 3.8) is 0 Å². The third-order valence-corrected chi connectivity index (χ3v) is 5.54. The van der Waals surface area contributed by atoms with Crippen molar-refractivity contribution in [2.75, 3.05) is 13.2 Å². The molecule has 0 amide bonds. The molecule has 2 unspecified atom stereocenters. The van der Waals surface area contributed by atoms with Crippen molar-refractivity contribution in [3.8, 4) is 0 Å². The van der Waals surface area contributed by atoms with E-state index in [9.17, 15) is 5.11 Å². The summed E-state index contributed by atoms with van der Waals surface area (Å²) in [5.74, 6) is 0.859. The predicted octanol–water partition coefficient (Wildman–Crippen LogP) is 2.22. The number of aromatic nitrogens is 2. The Morgan fingerprint density at radius 2 is 2.44 bits per heavy atom. The van der Waals surface area contributed by atoms with Gasteiger partial charge in [-0.25, -0.2) is 4.98 Å². The smallest absolute Gasteiger partial charge is 0.170 e. The molecule has 0 bridgehead atoms. The van der Waals surface area contributed by atoms with E-state index in [-0.39, 0.29) is 12.1 Å². The van der Waals surface area contributed by atoms with Crippen LogP contribution in [0.15, 0.2) is 4.34 Å². The second kappa shape index (κ2) is 6.32. The van der Waals surface area contributed by atoms with Gasteiger partial charge in [-0.05, 0) is 50.7 Å². The van der Waals surface area contributed by atoms with Gasteiger partial charge in [0, 0.05) is 10.8 Å². The highest BCUT2D eigenvalue weighted by Crippen LogP contribution is 2.40. The fourth-order valence-corrected chi connectivity index (χ4v) is 4.62. The van der Waals surface area contributed by atoms with E-state index in [2.05, 4.69) is 21.6 Å². The van der Waals surface area contributed by atoms with Gasteiger partial charge in [-0.1, -0.05) is 18.7 Å². The zero-order valence-corrected chi connectivity index (χ0v) is 12.6. The highest BCUT2D eigenvalue weighted by atomic mass is 32.2. The lowest BCUT2D eigenvalue weighted by molar-refractivity contribution is 0.165. The van der Waals surface area contributed by atoms with Crippen LogP contribution in [-0.4, -0.2) is 38.4 Å². The molecule has 0 radical (unpaired) electrons. The zero-order chi connectivity index (χ0) is 13.0. The van der Waals surface area contributed by atoms with Crippen molar-refractivity contribution in [1.29, 1.82) is 0 Å². The molecule has 0 aromatic carbocycles. The topological polar surface area (TPSA) is 58.0 Å². The first-order valence-corrected chi connectivity index (χ1v) is 8.15. The minimum Gasteiger partial charge on any atom is -0.394 e.